The second-order valence-electron chi connectivity index (χ2n) is 6.15. The zero-order valence-corrected chi connectivity index (χ0v) is 15.2. The monoisotopic (exact) mass is 324 g/mol. The van der Waals surface area contributed by atoms with Gasteiger partial charge in [-0.25, -0.2) is 0 Å². The Bertz CT molecular complexity index is 679. The van der Waals surface area contributed by atoms with Gasteiger partial charge in [0.05, 0.1) is 12.4 Å². The minimum atomic E-state index is 0.774. The van der Waals surface area contributed by atoms with E-state index in [-0.39, 0.29) is 0 Å². The molecule has 0 heterocycles. The smallest absolute Gasteiger partial charge is 0.163 e. The van der Waals surface area contributed by atoms with Crippen LogP contribution in [-0.4, -0.2) is 12.4 Å². The number of rotatable bonds is 5. The van der Waals surface area contributed by atoms with Gasteiger partial charge in [0.2, 0.25) is 0 Å². The third-order valence-corrected chi connectivity index (χ3v) is 3.69. The topological polar surface area (TPSA) is 43.2 Å². The summed E-state index contributed by atoms with van der Waals surface area (Å²) < 4.78 is 0. The van der Waals surface area contributed by atoms with E-state index in [4.69, 9.17) is 9.68 Å². The van der Waals surface area contributed by atoms with Gasteiger partial charge in [0.25, 0.3) is 0 Å². The van der Waals surface area contributed by atoms with Crippen LogP contribution in [0.3, 0.4) is 0 Å². The Hall–Kier alpha value is -2.62. The molecule has 0 aromatic heterocycles. The molecule has 0 bridgehead atoms. The minimum Gasteiger partial charge on any atom is -0.356 e. The molecule has 0 aliphatic heterocycles. The Morgan fingerprint density at radius 3 is 1.17 bits per heavy atom. The standard InChI is InChI=1S/C20H24N2O2/c1-13-9-15(3)19(16(4)10-13)23-21-7-8-22-24-20-17(5)11-14(2)12-18(20)6/h7-12H,1-6H3/b21-7+,22-8+. The van der Waals surface area contributed by atoms with Crippen molar-refractivity contribution in [3.05, 3.63) is 57.6 Å². The quantitative estimate of drug-likeness (QED) is 0.576. The van der Waals surface area contributed by atoms with Crippen molar-refractivity contribution in [2.24, 2.45) is 10.3 Å². The summed E-state index contributed by atoms with van der Waals surface area (Å²) in [5, 5.41) is 7.86. The molecule has 0 atom stereocenters. The molecule has 0 radical (unpaired) electrons. The average molecular weight is 324 g/mol. The van der Waals surface area contributed by atoms with E-state index in [9.17, 15) is 0 Å². The molecule has 2 rings (SSSR count). The lowest BCUT2D eigenvalue weighted by atomic mass is 10.1. The van der Waals surface area contributed by atoms with Gasteiger partial charge in [0, 0.05) is 0 Å². The van der Waals surface area contributed by atoms with Crippen LogP contribution in [0, 0.1) is 41.5 Å². The van der Waals surface area contributed by atoms with E-state index >= 15 is 0 Å². The van der Waals surface area contributed by atoms with Crippen molar-refractivity contribution in [1.29, 1.82) is 0 Å². The molecule has 0 N–H and O–H groups in total. The summed E-state index contributed by atoms with van der Waals surface area (Å²) in [6.45, 7) is 12.1. The molecule has 126 valence electrons. The molecule has 0 spiro atoms. The predicted molar refractivity (Wildman–Crippen MR) is 99.5 cm³/mol. The van der Waals surface area contributed by atoms with E-state index in [1.165, 1.54) is 23.6 Å². The second-order valence-corrected chi connectivity index (χ2v) is 6.15. The first-order valence-electron chi connectivity index (χ1n) is 7.93. The van der Waals surface area contributed by atoms with Crippen LogP contribution in [0.4, 0.5) is 0 Å². The fourth-order valence-electron chi connectivity index (χ4n) is 2.84. The summed E-state index contributed by atoms with van der Waals surface area (Å²) in [7, 11) is 0. The predicted octanol–water partition coefficient (Wildman–Crippen LogP) is 4.97. The maximum absolute atomic E-state index is 5.46. The van der Waals surface area contributed by atoms with Gasteiger partial charge in [-0.3, -0.25) is 0 Å². The summed E-state index contributed by atoms with van der Waals surface area (Å²) in [5.74, 6) is 1.55. The number of hydrogen-bond donors (Lipinski definition) is 0. The lowest BCUT2D eigenvalue weighted by Gasteiger charge is -2.08. The van der Waals surface area contributed by atoms with Gasteiger partial charge in [-0.1, -0.05) is 45.7 Å². The molecule has 24 heavy (non-hydrogen) atoms. The molecule has 2 aromatic carbocycles. The van der Waals surface area contributed by atoms with Crippen LogP contribution in [0.15, 0.2) is 34.6 Å². The van der Waals surface area contributed by atoms with E-state index < -0.39 is 0 Å². The first kappa shape index (κ1) is 17.7. The Morgan fingerprint density at radius 1 is 0.583 bits per heavy atom. The number of nitrogens with zero attached hydrogens (tertiary/aromatic N) is 2. The fraction of sp³-hybridized carbons (Fsp3) is 0.300. The molecule has 4 nitrogen and oxygen atoms in total. The molecule has 0 fully saturated rings. The largest absolute Gasteiger partial charge is 0.356 e. The lowest BCUT2D eigenvalue weighted by Crippen LogP contribution is -1.95. The highest BCUT2D eigenvalue weighted by Gasteiger charge is 2.05. The van der Waals surface area contributed by atoms with Gasteiger partial charge >= 0.3 is 0 Å². The normalized spacial score (nSPS) is 11.4. The first-order valence-corrected chi connectivity index (χ1v) is 7.93. The summed E-state index contributed by atoms with van der Waals surface area (Å²) in [5.41, 5.74) is 6.65. The molecular weight excluding hydrogens is 300 g/mol. The van der Waals surface area contributed by atoms with Gasteiger partial charge < -0.3 is 9.68 Å². The number of oxime groups is 2. The Morgan fingerprint density at radius 2 is 0.875 bits per heavy atom. The number of aryl methyl sites for hydroxylation is 6. The SMILES string of the molecule is Cc1cc(C)c(O/N=C/C=N/Oc2c(C)cc(C)cc2C)c(C)c1. The fourth-order valence-corrected chi connectivity index (χ4v) is 2.84. The first-order chi connectivity index (χ1) is 11.4. The molecule has 4 heteroatoms. The maximum atomic E-state index is 5.46. The van der Waals surface area contributed by atoms with E-state index in [0.29, 0.717) is 0 Å². The maximum Gasteiger partial charge on any atom is 0.163 e. The summed E-state index contributed by atoms with van der Waals surface area (Å²) in [4.78, 5) is 10.9. The van der Waals surface area contributed by atoms with Gasteiger partial charge in [-0.05, 0) is 63.8 Å². The van der Waals surface area contributed by atoms with E-state index in [0.717, 1.165) is 33.8 Å². The van der Waals surface area contributed by atoms with E-state index in [2.05, 4.69) is 48.4 Å². The third kappa shape index (κ3) is 4.44. The van der Waals surface area contributed by atoms with E-state index in [1.54, 1.807) is 0 Å². The Labute approximate surface area is 143 Å². The molecule has 0 aliphatic carbocycles. The highest BCUT2D eigenvalue weighted by atomic mass is 16.6. The molecule has 0 saturated heterocycles. The van der Waals surface area contributed by atoms with Gasteiger partial charge in [-0.2, -0.15) is 0 Å². The zero-order chi connectivity index (χ0) is 17.7. The van der Waals surface area contributed by atoms with Crippen LogP contribution in [-0.2, 0) is 0 Å². The molecule has 0 aliphatic rings. The van der Waals surface area contributed by atoms with E-state index in [1.807, 2.05) is 27.7 Å². The van der Waals surface area contributed by atoms with Crippen LogP contribution in [0.2, 0.25) is 0 Å². The highest BCUT2D eigenvalue weighted by molar-refractivity contribution is 6.15. The van der Waals surface area contributed by atoms with Gasteiger partial charge in [0.1, 0.15) is 0 Å². The lowest BCUT2D eigenvalue weighted by molar-refractivity contribution is 0.335. The van der Waals surface area contributed by atoms with Gasteiger partial charge in [-0.15, -0.1) is 0 Å². The molecule has 0 saturated carbocycles. The van der Waals surface area contributed by atoms with Crippen LogP contribution in [0.5, 0.6) is 11.5 Å². The van der Waals surface area contributed by atoms with Crippen molar-refractivity contribution in [3.8, 4) is 11.5 Å². The summed E-state index contributed by atoms with van der Waals surface area (Å²) >= 11 is 0. The van der Waals surface area contributed by atoms with Gasteiger partial charge in [0.15, 0.2) is 11.5 Å². The highest BCUT2D eigenvalue weighted by Crippen LogP contribution is 2.25. The second kappa shape index (κ2) is 7.77. The minimum absolute atomic E-state index is 0.774. The zero-order valence-electron chi connectivity index (χ0n) is 15.2. The molecule has 0 amide bonds. The Balaban J connectivity index is 1.97. The van der Waals surface area contributed by atoms with Crippen LogP contribution in [0.1, 0.15) is 33.4 Å². The van der Waals surface area contributed by atoms with Crippen molar-refractivity contribution in [2.75, 3.05) is 0 Å². The third-order valence-electron chi connectivity index (χ3n) is 3.69. The van der Waals surface area contributed by atoms with Crippen LogP contribution < -0.4 is 9.68 Å². The van der Waals surface area contributed by atoms with Crippen LogP contribution in [0.25, 0.3) is 0 Å². The summed E-state index contributed by atoms with van der Waals surface area (Å²) in [6, 6.07) is 8.27. The Kier molecular flexibility index (Phi) is 5.74. The van der Waals surface area contributed by atoms with Crippen molar-refractivity contribution in [1.82, 2.24) is 0 Å². The average Bonchev–Trinajstić information content (AvgIpc) is 2.46. The summed E-state index contributed by atoms with van der Waals surface area (Å²) in [6.07, 6.45) is 2.94. The molecule has 0 unspecified atom stereocenters. The number of benzene rings is 2. The van der Waals surface area contributed by atoms with Crippen molar-refractivity contribution < 1.29 is 9.68 Å². The molecular formula is C20H24N2O2. The molecule has 2 aromatic rings. The van der Waals surface area contributed by atoms with Crippen molar-refractivity contribution in [3.63, 3.8) is 0 Å². The number of hydrogen-bond acceptors (Lipinski definition) is 4. The van der Waals surface area contributed by atoms with Crippen molar-refractivity contribution in [2.45, 2.75) is 41.5 Å². The van der Waals surface area contributed by atoms with Crippen molar-refractivity contribution >= 4 is 12.4 Å². The van der Waals surface area contributed by atoms with Crippen LogP contribution >= 0.6 is 0 Å².